The van der Waals surface area contributed by atoms with Gasteiger partial charge in [-0.2, -0.15) is 0 Å². The molecule has 2 aromatic carbocycles. The van der Waals surface area contributed by atoms with Crippen molar-refractivity contribution in [2.75, 3.05) is 0 Å². The molecule has 2 rings (SSSR count). The SMILES string of the molecule is C=NCc1ccc(Cc2ccc(C(=C)C)cc2)cc1. The molecule has 1 nitrogen and oxygen atoms in total. The fraction of sp³-hybridized carbons (Fsp3) is 0.167. The summed E-state index contributed by atoms with van der Waals surface area (Å²) in [5.41, 5.74) is 6.15. The molecule has 1 heteroatoms. The van der Waals surface area contributed by atoms with Crippen LogP contribution in [0.4, 0.5) is 0 Å². The van der Waals surface area contributed by atoms with Crippen LogP contribution in [0.2, 0.25) is 0 Å². The first-order chi connectivity index (χ1) is 9.19. The predicted octanol–water partition coefficient (Wildman–Crippen LogP) is 4.51. The maximum Gasteiger partial charge on any atom is 0.0632 e. The van der Waals surface area contributed by atoms with E-state index in [0.717, 1.165) is 12.0 Å². The summed E-state index contributed by atoms with van der Waals surface area (Å²) >= 11 is 0. The Hall–Kier alpha value is -2.15. The van der Waals surface area contributed by atoms with Crippen LogP contribution in [0.15, 0.2) is 60.1 Å². The van der Waals surface area contributed by atoms with E-state index in [9.17, 15) is 0 Å². The summed E-state index contributed by atoms with van der Waals surface area (Å²) in [6.07, 6.45) is 0.957. The van der Waals surface area contributed by atoms with E-state index in [4.69, 9.17) is 0 Å². The highest BCUT2D eigenvalue weighted by molar-refractivity contribution is 5.61. The maximum absolute atomic E-state index is 3.95. The normalized spacial score (nSPS) is 10.2. The van der Waals surface area contributed by atoms with Gasteiger partial charge in [-0.3, -0.25) is 4.99 Å². The average Bonchev–Trinajstić information content (AvgIpc) is 2.42. The van der Waals surface area contributed by atoms with Crippen LogP contribution in [0.1, 0.15) is 29.2 Å². The summed E-state index contributed by atoms with van der Waals surface area (Å²) in [4.78, 5) is 3.89. The van der Waals surface area contributed by atoms with Crippen LogP contribution in [-0.2, 0) is 13.0 Å². The molecule has 0 radical (unpaired) electrons. The molecule has 0 aliphatic rings. The molecule has 0 amide bonds. The van der Waals surface area contributed by atoms with Gasteiger partial charge in [0.1, 0.15) is 0 Å². The Bertz CT molecular complexity index is 562. The Labute approximate surface area is 115 Å². The van der Waals surface area contributed by atoms with Crippen molar-refractivity contribution in [2.45, 2.75) is 19.9 Å². The number of aliphatic imine (C=N–C) groups is 1. The molecule has 2 aromatic rings. The highest BCUT2D eigenvalue weighted by Crippen LogP contribution is 2.15. The van der Waals surface area contributed by atoms with Gasteiger partial charge in [-0.1, -0.05) is 60.7 Å². The third-order valence-electron chi connectivity index (χ3n) is 3.17. The lowest BCUT2D eigenvalue weighted by Crippen LogP contribution is -1.90. The van der Waals surface area contributed by atoms with Crippen molar-refractivity contribution in [3.05, 3.63) is 77.4 Å². The molecular formula is C18H19N. The highest BCUT2D eigenvalue weighted by atomic mass is 14.7. The zero-order chi connectivity index (χ0) is 13.7. The van der Waals surface area contributed by atoms with Gasteiger partial charge >= 0.3 is 0 Å². The molecule has 0 bridgehead atoms. The number of benzene rings is 2. The van der Waals surface area contributed by atoms with Crippen molar-refractivity contribution >= 4 is 12.3 Å². The van der Waals surface area contributed by atoms with Crippen LogP contribution in [0.5, 0.6) is 0 Å². The van der Waals surface area contributed by atoms with Crippen molar-refractivity contribution in [1.29, 1.82) is 0 Å². The fourth-order valence-electron chi connectivity index (χ4n) is 2.03. The molecule has 0 aromatic heterocycles. The third kappa shape index (κ3) is 3.65. The zero-order valence-electron chi connectivity index (χ0n) is 11.4. The average molecular weight is 249 g/mol. The molecule has 0 fully saturated rings. The highest BCUT2D eigenvalue weighted by Gasteiger charge is 1.98. The molecule has 19 heavy (non-hydrogen) atoms. The Morgan fingerprint density at radius 1 is 0.895 bits per heavy atom. The van der Waals surface area contributed by atoms with Crippen LogP contribution in [0.25, 0.3) is 5.57 Å². The first kappa shape index (κ1) is 13.3. The lowest BCUT2D eigenvalue weighted by Gasteiger charge is -2.05. The molecule has 0 spiro atoms. The van der Waals surface area contributed by atoms with Crippen LogP contribution < -0.4 is 0 Å². The molecule has 0 aliphatic heterocycles. The van der Waals surface area contributed by atoms with Gasteiger partial charge in [-0.15, -0.1) is 0 Å². The van der Waals surface area contributed by atoms with Crippen molar-refractivity contribution < 1.29 is 0 Å². The maximum atomic E-state index is 3.95. The second kappa shape index (κ2) is 6.14. The Morgan fingerprint density at radius 2 is 1.37 bits per heavy atom. The van der Waals surface area contributed by atoms with E-state index in [-0.39, 0.29) is 0 Å². The standard InChI is InChI=1S/C18H19N/c1-14(2)18-10-8-16(9-11-18)12-15-4-6-17(7-5-15)13-19-3/h4-11H,1,3,12-13H2,2H3. The number of allylic oxidation sites excluding steroid dienone is 1. The Balaban J connectivity index is 2.07. The van der Waals surface area contributed by atoms with E-state index in [1.165, 1.54) is 22.3 Å². The predicted molar refractivity (Wildman–Crippen MR) is 83.7 cm³/mol. The van der Waals surface area contributed by atoms with Crippen LogP contribution in [-0.4, -0.2) is 6.72 Å². The molecule has 0 unspecified atom stereocenters. The summed E-state index contributed by atoms with van der Waals surface area (Å²) < 4.78 is 0. The number of nitrogens with zero attached hydrogens (tertiary/aromatic N) is 1. The van der Waals surface area contributed by atoms with Crippen molar-refractivity contribution in [2.24, 2.45) is 4.99 Å². The molecule has 0 atom stereocenters. The lowest BCUT2D eigenvalue weighted by atomic mass is 10.0. The van der Waals surface area contributed by atoms with Gasteiger partial charge in [0.25, 0.3) is 0 Å². The van der Waals surface area contributed by atoms with Gasteiger partial charge in [0, 0.05) is 0 Å². The van der Waals surface area contributed by atoms with Crippen LogP contribution in [0, 0.1) is 0 Å². The lowest BCUT2D eigenvalue weighted by molar-refractivity contribution is 1.07. The summed E-state index contributed by atoms with van der Waals surface area (Å²) in [5.74, 6) is 0. The quantitative estimate of drug-likeness (QED) is 0.691. The third-order valence-corrected chi connectivity index (χ3v) is 3.17. The fourth-order valence-corrected chi connectivity index (χ4v) is 2.03. The van der Waals surface area contributed by atoms with Crippen LogP contribution >= 0.6 is 0 Å². The van der Waals surface area contributed by atoms with E-state index < -0.39 is 0 Å². The largest absolute Gasteiger partial charge is 0.296 e. The molecule has 0 heterocycles. The van der Waals surface area contributed by atoms with Gasteiger partial charge in [0.05, 0.1) is 6.54 Å². The summed E-state index contributed by atoms with van der Waals surface area (Å²) in [5, 5.41) is 0. The van der Waals surface area contributed by atoms with E-state index in [1.54, 1.807) is 0 Å². The summed E-state index contributed by atoms with van der Waals surface area (Å²) in [7, 11) is 0. The molecular weight excluding hydrogens is 230 g/mol. The Morgan fingerprint density at radius 3 is 1.84 bits per heavy atom. The van der Waals surface area contributed by atoms with Crippen LogP contribution in [0.3, 0.4) is 0 Å². The monoisotopic (exact) mass is 249 g/mol. The second-order valence-electron chi connectivity index (χ2n) is 4.85. The topological polar surface area (TPSA) is 12.4 Å². The van der Waals surface area contributed by atoms with E-state index in [2.05, 4.69) is 66.8 Å². The smallest absolute Gasteiger partial charge is 0.0632 e. The van der Waals surface area contributed by atoms with Gasteiger partial charge in [0.2, 0.25) is 0 Å². The minimum Gasteiger partial charge on any atom is -0.296 e. The van der Waals surface area contributed by atoms with E-state index in [0.29, 0.717) is 6.54 Å². The number of hydrogen-bond acceptors (Lipinski definition) is 1. The second-order valence-corrected chi connectivity index (χ2v) is 4.85. The van der Waals surface area contributed by atoms with Crippen molar-refractivity contribution in [3.8, 4) is 0 Å². The molecule has 0 saturated carbocycles. The van der Waals surface area contributed by atoms with Crippen molar-refractivity contribution in [1.82, 2.24) is 0 Å². The van der Waals surface area contributed by atoms with Gasteiger partial charge in [0.15, 0.2) is 0 Å². The molecule has 0 N–H and O–H groups in total. The number of rotatable bonds is 5. The van der Waals surface area contributed by atoms with E-state index in [1.807, 2.05) is 6.92 Å². The first-order valence-corrected chi connectivity index (χ1v) is 6.44. The van der Waals surface area contributed by atoms with Gasteiger partial charge in [-0.25, -0.2) is 0 Å². The van der Waals surface area contributed by atoms with Crippen molar-refractivity contribution in [3.63, 3.8) is 0 Å². The minimum absolute atomic E-state index is 0.688. The first-order valence-electron chi connectivity index (χ1n) is 6.44. The minimum atomic E-state index is 0.688. The zero-order valence-corrected chi connectivity index (χ0v) is 11.4. The molecule has 0 saturated heterocycles. The van der Waals surface area contributed by atoms with Gasteiger partial charge in [-0.05, 0) is 42.3 Å². The number of hydrogen-bond donors (Lipinski definition) is 0. The Kier molecular flexibility index (Phi) is 4.30. The summed E-state index contributed by atoms with van der Waals surface area (Å²) in [6, 6.07) is 17.2. The van der Waals surface area contributed by atoms with E-state index >= 15 is 0 Å². The molecule has 96 valence electrons. The molecule has 0 aliphatic carbocycles. The summed E-state index contributed by atoms with van der Waals surface area (Å²) in [6.45, 7) is 10.2. The van der Waals surface area contributed by atoms with Gasteiger partial charge < -0.3 is 0 Å².